The molecule has 19 heavy (non-hydrogen) atoms. The number of anilines is 1. The number of aromatic nitrogens is 2. The quantitative estimate of drug-likeness (QED) is 0.876. The average molecular weight is 257 g/mol. The van der Waals surface area contributed by atoms with E-state index in [9.17, 15) is 0 Å². The van der Waals surface area contributed by atoms with Crippen LogP contribution in [0.5, 0.6) is 0 Å². The number of nitrogens with zero attached hydrogens (tertiary/aromatic N) is 2. The highest BCUT2D eigenvalue weighted by Gasteiger charge is 2.38. The lowest BCUT2D eigenvalue weighted by Gasteiger charge is -2.21. The van der Waals surface area contributed by atoms with Gasteiger partial charge in [0.1, 0.15) is 11.6 Å². The van der Waals surface area contributed by atoms with Crippen molar-refractivity contribution in [2.45, 2.75) is 50.9 Å². The second kappa shape index (κ2) is 4.77. The third-order valence-electron chi connectivity index (χ3n) is 5.32. The van der Waals surface area contributed by atoms with Gasteiger partial charge in [0.15, 0.2) is 0 Å². The minimum absolute atomic E-state index is 0.646. The maximum atomic E-state index is 4.62. The van der Waals surface area contributed by atoms with Gasteiger partial charge in [-0.3, -0.25) is 0 Å². The maximum absolute atomic E-state index is 4.62. The highest BCUT2D eigenvalue weighted by Crippen LogP contribution is 2.49. The van der Waals surface area contributed by atoms with E-state index < -0.39 is 0 Å². The Hall–Kier alpha value is -1.12. The lowest BCUT2D eigenvalue weighted by molar-refractivity contribution is 0.321. The van der Waals surface area contributed by atoms with Crippen molar-refractivity contribution in [2.75, 3.05) is 11.9 Å². The number of nitrogens with one attached hydrogen (secondary N) is 1. The van der Waals surface area contributed by atoms with Gasteiger partial charge in [-0.05, 0) is 62.3 Å². The smallest absolute Gasteiger partial charge is 0.133 e. The summed E-state index contributed by atoms with van der Waals surface area (Å²) in [5, 5.41) is 3.50. The fourth-order valence-electron chi connectivity index (χ4n) is 4.13. The van der Waals surface area contributed by atoms with Crippen LogP contribution >= 0.6 is 0 Å². The van der Waals surface area contributed by atoms with E-state index in [1.807, 2.05) is 12.3 Å². The third-order valence-corrected chi connectivity index (χ3v) is 5.32. The molecule has 0 amide bonds. The van der Waals surface area contributed by atoms with Gasteiger partial charge in [0.25, 0.3) is 0 Å². The molecule has 1 aromatic heterocycles. The number of rotatable bonds is 5. The van der Waals surface area contributed by atoms with E-state index in [1.54, 1.807) is 0 Å². The lowest BCUT2D eigenvalue weighted by atomic mass is 9.86. The standard InChI is InChI=1S/C16H23N3/c1-2-13-9-11(1)10-14(13)5-7-17-15-6-8-18-16(19-15)12-3-4-12/h6,8,11-14H,1-5,7,9-10H2,(H,17,18,19)/t11-,13-,14+/m0/s1. The molecule has 1 N–H and O–H groups in total. The molecule has 0 radical (unpaired) electrons. The van der Waals surface area contributed by atoms with Crippen LogP contribution in [0.15, 0.2) is 12.3 Å². The molecule has 4 rings (SSSR count). The zero-order valence-corrected chi connectivity index (χ0v) is 11.5. The Labute approximate surface area is 115 Å². The van der Waals surface area contributed by atoms with Gasteiger partial charge in [0.05, 0.1) is 0 Å². The lowest BCUT2D eigenvalue weighted by Crippen LogP contribution is -2.15. The summed E-state index contributed by atoms with van der Waals surface area (Å²) in [6.45, 7) is 1.08. The van der Waals surface area contributed by atoms with Crippen molar-refractivity contribution < 1.29 is 0 Å². The van der Waals surface area contributed by atoms with Crippen molar-refractivity contribution in [3.8, 4) is 0 Å². The number of hydrogen-bond acceptors (Lipinski definition) is 3. The predicted octanol–water partition coefficient (Wildman–Crippen LogP) is 3.59. The van der Waals surface area contributed by atoms with Gasteiger partial charge in [-0.2, -0.15) is 0 Å². The average Bonchev–Trinajstić information content (AvgIpc) is 3.09. The highest BCUT2D eigenvalue weighted by atomic mass is 15.0. The summed E-state index contributed by atoms with van der Waals surface area (Å²) in [7, 11) is 0. The van der Waals surface area contributed by atoms with E-state index >= 15 is 0 Å². The van der Waals surface area contributed by atoms with Crippen LogP contribution in [0.3, 0.4) is 0 Å². The fraction of sp³-hybridized carbons (Fsp3) is 0.750. The number of hydrogen-bond donors (Lipinski definition) is 1. The van der Waals surface area contributed by atoms with Gasteiger partial charge in [0.2, 0.25) is 0 Å². The molecule has 102 valence electrons. The molecular formula is C16H23N3. The van der Waals surface area contributed by atoms with Crippen LogP contribution in [0.2, 0.25) is 0 Å². The SMILES string of the molecule is c1cc(NCC[C@@H]2C[C@H]3CC[C@H]2C3)nc(C2CC2)n1. The van der Waals surface area contributed by atoms with Gasteiger partial charge in [0, 0.05) is 18.7 Å². The molecule has 3 fully saturated rings. The number of fused-ring (bicyclic) bond motifs is 2. The summed E-state index contributed by atoms with van der Waals surface area (Å²) in [4.78, 5) is 8.99. The molecule has 3 nitrogen and oxygen atoms in total. The van der Waals surface area contributed by atoms with Gasteiger partial charge in [-0.15, -0.1) is 0 Å². The van der Waals surface area contributed by atoms with Crippen LogP contribution in [0.25, 0.3) is 0 Å². The van der Waals surface area contributed by atoms with Gasteiger partial charge >= 0.3 is 0 Å². The summed E-state index contributed by atoms with van der Waals surface area (Å²) >= 11 is 0. The molecule has 0 aromatic carbocycles. The summed E-state index contributed by atoms with van der Waals surface area (Å²) in [5.41, 5.74) is 0. The second-order valence-corrected chi connectivity index (χ2v) is 6.72. The van der Waals surface area contributed by atoms with E-state index in [2.05, 4.69) is 15.3 Å². The Morgan fingerprint density at radius 2 is 2.11 bits per heavy atom. The molecule has 3 saturated carbocycles. The molecule has 3 atom stereocenters. The van der Waals surface area contributed by atoms with Crippen LogP contribution in [0.4, 0.5) is 5.82 Å². The molecule has 3 aliphatic rings. The van der Waals surface area contributed by atoms with Crippen LogP contribution in [0, 0.1) is 17.8 Å². The molecule has 3 aliphatic carbocycles. The van der Waals surface area contributed by atoms with Crippen LogP contribution in [-0.2, 0) is 0 Å². The van der Waals surface area contributed by atoms with Crippen molar-refractivity contribution in [1.29, 1.82) is 0 Å². The molecule has 0 spiro atoms. The third kappa shape index (κ3) is 2.47. The first-order chi connectivity index (χ1) is 9.38. The zero-order valence-electron chi connectivity index (χ0n) is 11.5. The Morgan fingerprint density at radius 3 is 2.84 bits per heavy atom. The largest absolute Gasteiger partial charge is 0.370 e. The van der Waals surface area contributed by atoms with Crippen molar-refractivity contribution in [2.24, 2.45) is 17.8 Å². The van der Waals surface area contributed by atoms with E-state index in [4.69, 9.17) is 0 Å². The molecule has 0 saturated heterocycles. The summed E-state index contributed by atoms with van der Waals surface area (Å²) in [5.74, 6) is 5.81. The Bertz CT molecular complexity index is 455. The molecular weight excluding hydrogens is 234 g/mol. The molecule has 2 bridgehead atoms. The first-order valence-electron chi connectivity index (χ1n) is 7.95. The van der Waals surface area contributed by atoms with Gasteiger partial charge in [-0.1, -0.05) is 6.42 Å². The van der Waals surface area contributed by atoms with E-state index in [0.717, 1.165) is 35.9 Å². The van der Waals surface area contributed by atoms with Crippen LogP contribution in [-0.4, -0.2) is 16.5 Å². The minimum Gasteiger partial charge on any atom is -0.370 e. The fourth-order valence-corrected chi connectivity index (χ4v) is 4.13. The summed E-state index contributed by atoms with van der Waals surface area (Å²) in [6, 6.07) is 2.01. The zero-order chi connectivity index (χ0) is 12.7. The molecule has 1 aromatic rings. The van der Waals surface area contributed by atoms with Crippen molar-refractivity contribution >= 4 is 5.82 Å². The Balaban J connectivity index is 1.29. The maximum Gasteiger partial charge on any atom is 0.133 e. The summed E-state index contributed by atoms with van der Waals surface area (Å²) in [6.07, 6.45) is 11.8. The van der Waals surface area contributed by atoms with E-state index in [1.165, 1.54) is 44.9 Å². The molecule has 1 heterocycles. The normalized spacial score (nSPS) is 32.7. The molecule has 0 aliphatic heterocycles. The van der Waals surface area contributed by atoms with Crippen LogP contribution < -0.4 is 5.32 Å². The highest BCUT2D eigenvalue weighted by molar-refractivity contribution is 5.33. The van der Waals surface area contributed by atoms with E-state index in [0.29, 0.717) is 5.92 Å². The topological polar surface area (TPSA) is 37.8 Å². The first kappa shape index (κ1) is 11.7. The van der Waals surface area contributed by atoms with Crippen molar-refractivity contribution in [1.82, 2.24) is 9.97 Å². The van der Waals surface area contributed by atoms with Crippen molar-refractivity contribution in [3.63, 3.8) is 0 Å². The van der Waals surface area contributed by atoms with Gasteiger partial charge in [-0.25, -0.2) is 9.97 Å². The Morgan fingerprint density at radius 1 is 1.16 bits per heavy atom. The van der Waals surface area contributed by atoms with Gasteiger partial charge < -0.3 is 5.32 Å². The first-order valence-corrected chi connectivity index (χ1v) is 7.95. The minimum atomic E-state index is 0.646. The molecule has 3 heteroatoms. The second-order valence-electron chi connectivity index (χ2n) is 6.72. The Kier molecular flexibility index (Phi) is 2.93. The van der Waals surface area contributed by atoms with E-state index in [-0.39, 0.29) is 0 Å². The van der Waals surface area contributed by atoms with Crippen molar-refractivity contribution in [3.05, 3.63) is 18.1 Å². The molecule has 0 unspecified atom stereocenters. The summed E-state index contributed by atoms with van der Waals surface area (Å²) < 4.78 is 0. The van der Waals surface area contributed by atoms with Crippen LogP contribution in [0.1, 0.15) is 56.7 Å². The predicted molar refractivity (Wildman–Crippen MR) is 76.1 cm³/mol. The monoisotopic (exact) mass is 257 g/mol.